The lowest BCUT2D eigenvalue weighted by Crippen LogP contribution is -2.54. The van der Waals surface area contributed by atoms with Gasteiger partial charge in [-0.2, -0.15) is 5.10 Å². The molecule has 4 aromatic rings. The van der Waals surface area contributed by atoms with Crippen LogP contribution in [0.4, 0.5) is 5.69 Å². The molecule has 6 nitrogen and oxygen atoms in total. The zero-order chi connectivity index (χ0) is 28.3. The minimum absolute atomic E-state index is 0.172. The minimum atomic E-state index is -1.05. The lowest BCUT2D eigenvalue weighted by Gasteiger charge is -2.52. The van der Waals surface area contributed by atoms with Crippen molar-refractivity contribution in [2.75, 3.05) is 4.90 Å². The second-order valence-corrected chi connectivity index (χ2v) is 11.4. The number of benzene rings is 4. The van der Waals surface area contributed by atoms with Crippen LogP contribution in [-0.4, -0.2) is 23.9 Å². The Morgan fingerprint density at radius 1 is 0.902 bits per heavy atom. The summed E-state index contributed by atoms with van der Waals surface area (Å²) in [5, 5.41) is 4.93. The van der Waals surface area contributed by atoms with Gasteiger partial charge < -0.3 is 0 Å². The van der Waals surface area contributed by atoms with Crippen LogP contribution < -0.4 is 10.3 Å². The highest BCUT2D eigenvalue weighted by Gasteiger charge is 2.68. The molecule has 3 amide bonds. The standard InChI is InChI=1S/C34H26ClN3O3/c1-20-15-16-22(35)18-27(20)38-32(40)30-29-23-11-5-7-13-25(23)34(31(30)33(38)41,26-14-8-6-12-24(26)29)19-36-37-28(39)17-21-9-3-2-4-10-21/h2-16,18-19,29-31H,17H2,1H3,(H,37,39)/b36-19-/t29?,30-,31+,34?/m1/s1. The third-order valence-corrected chi connectivity index (χ3v) is 9.00. The number of hydrogen-bond acceptors (Lipinski definition) is 4. The highest BCUT2D eigenvalue weighted by molar-refractivity contribution is 6.31. The summed E-state index contributed by atoms with van der Waals surface area (Å²) < 4.78 is 0. The molecule has 7 heteroatoms. The van der Waals surface area contributed by atoms with Gasteiger partial charge in [0, 0.05) is 17.2 Å². The van der Waals surface area contributed by atoms with E-state index in [1.807, 2.05) is 91.9 Å². The van der Waals surface area contributed by atoms with Gasteiger partial charge in [-0.05, 0) is 52.4 Å². The molecule has 0 saturated carbocycles. The Balaban J connectivity index is 1.38. The monoisotopic (exact) mass is 559 g/mol. The largest absolute Gasteiger partial charge is 0.274 e. The maximum absolute atomic E-state index is 14.5. The van der Waals surface area contributed by atoms with Crippen LogP contribution in [0.1, 0.15) is 39.3 Å². The summed E-state index contributed by atoms with van der Waals surface area (Å²) >= 11 is 6.33. The number of hydrazone groups is 1. The summed E-state index contributed by atoms with van der Waals surface area (Å²) in [6.45, 7) is 1.87. The van der Waals surface area contributed by atoms with Gasteiger partial charge in [0.2, 0.25) is 17.7 Å². The van der Waals surface area contributed by atoms with Gasteiger partial charge in [0.15, 0.2) is 0 Å². The van der Waals surface area contributed by atoms with E-state index in [1.54, 1.807) is 18.3 Å². The van der Waals surface area contributed by atoms with E-state index in [-0.39, 0.29) is 30.1 Å². The first-order chi connectivity index (χ1) is 19.9. The summed E-state index contributed by atoms with van der Waals surface area (Å²) in [5.41, 5.74) is 7.64. The van der Waals surface area contributed by atoms with E-state index in [9.17, 15) is 14.4 Å². The molecule has 202 valence electrons. The third-order valence-electron chi connectivity index (χ3n) is 8.76. The fourth-order valence-corrected chi connectivity index (χ4v) is 7.30. The second-order valence-electron chi connectivity index (χ2n) is 10.9. The summed E-state index contributed by atoms with van der Waals surface area (Å²) in [6, 6.07) is 30.6. The lowest BCUT2D eigenvalue weighted by atomic mass is 9.47. The fourth-order valence-electron chi connectivity index (χ4n) is 7.14. The van der Waals surface area contributed by atoms with Crippen LogP contribution in [0.3, 0.4) is 0 Å². The quantitative estimate of drug-likeness (QED) is 0.198. The molecule has 41 heavy (non-hydrogen) atoms. The van der Waals surface area contributed by atoms with Crippen molar-refractivity contribution in [1.82, 2.24) is 5.43 Å². The summed E-state index contributed by atoms with van der Waals surface area (Å²) in [5.74, 6) is -2.45. The predicted octanol–water partition coefficient (Wildman–Crippen LogP) is 5.54. The number of rotatable bonds is 5. The van der Waals surface area contributed by atoms with Crippen molar-refractivity contribution in [1.29, 1.82) is 0 Å². The van der Waals surface area contributed by atoms with E-state index in [0.717, 1.165) is 33.4 Å². The van der Waals surface area contributed by atoms with Gasteiger partial charge in [0.25, 0.3) is 0 Å². The molecule has 4 aliphatic rings. The molecule has 2 bridgehead atoms. The topological polar surface area (TPSA) is 78.8 Å². The smallest absolute Gasteiger partial charge is 0.244 e. The maximum atomic E-state index is 14.5. The number of imide groups is 1. The number of nitrogens with zero attached hydrogens (tertiary/aromatic N) is 2. The molecule has 1 saturated heterocycles. The number of nitrogens with one attached hydrogen (secondary N) is 1. The summed E-state index contributed by atoms with van der Waals surface area (Å²) in [7, 11) is 0. The molecule has 3 aliphatic carbocycles. The fraction of sp³-hybridized carbons (Fsp3) is 0.176. The van der Waals surface area contributed by atoms with Crippen molar-refractivity contribution >= 4 is 41.2 Å². The van der Waals surface area contributed by atoms with Gasteiger partial charge in [-0.3, -0.25) is 14.4 Å². The number of hydrogen-bond donors (Lipinski definition) is 1. The Kier molecular flexibility index (Phi) is 5.91. The van der Waals surface area contributed by atoms with Crippen molar-refractivity contribution in [2.45, 2.75) is 24.7 Å². The number of carbonyl (C=O) groups is 3. The van der Waals surface area contributed by atoms with Gasteiger partial charge in [0.05, 0.1) is 29.4 Å². The summed E-state index contributed by atoms with van der Waals surface area (Å²) in [6.07, 6.45) is 1.85. The van der Waals surface area contributed by atoms with E-state index in [0.29, 0.717) is 10.7 Å². The van der Waals surface area contributed by atoms with E-state index >= 15 is 0 Å². The molecule has 0 radical (unpaired) electrons. The van der Waals surface area contributed by atoms with Crippen LogP contribution >= 0.6 is 11.6 Å². The molecule has 0 aromatic heterocycles. The summed E-state index contributed by atoms with van der Waals surface area (Å²) in [4.78, 5) is 42.9. The maximum Gasteiger partial charge on any atom is 0.244 e. The Bertz CT molecular complexity index is 1720. The van der Waals surface area contributed by atoms with Crippen LogP contribution in [0.15, 0.2) is 102 Å². The molecule has 1 heterocycles. The molecular formula is C34H26ClN3O3. The van der Waals surface area contributed by atoms with Crippen molar-refractivity contribution in [3.05, 3.63) is 135 Å². The Morgan fingerprint density at radius 3 is 2.22 bits per heavy atom. The zero-order valence-electron chi connectivity index (χ0n) is 22.3. The van der Waals surface area contributed by atoms with Crippen molar-refractivity contribution in [3.63, 3.8) is 0 Å². The van der Waals surface area contributed by atoms with Gasteiger partial charge in [-0.1, -0.05) is 96.5 Å². The number of anilines is 1. The van der Waals surface area contributed by atoms with Gasteiger partial charge >= 0.3 is 0 Å². The number of halogens is 1. The average Bonchev–Trinajstić information content (AvgIpc) is 3.25. The minimum Gasteiger partial charge on any atom is -0.274 e. The van der Waals surface area contributed by atoms with Crippen LogP contribution in [0, 0.1) is 18.8 Å². The third kappa shape index (κ3) is 3.71. The van der Waals surface area contributed by atoms with Gasteiger partial charge in [0.1, 0.15) is 0 Å². The zero-order valence-corrected chi connectivity index (χ0v) is 23.0. The number of amides is 3. The first-order valence-corrected chi connectivity index (χ1v) is 14.0. The Hall–Kier alpha value is -4.55. The number of carbonyl (C=O) groups excluding carboxylic acids is 3. The first-order valence-electron chi connectivity index (χ1n) is 13.6. The van der Waals surface area contributed by atoms with Crippen LogP contribution in [-0.2, 0) is 26.2 Å². The molecule has 1 fully saturated rings. The average molecular weight is 560 g/mol. The molecule has 1 aliphatic heterocycles. The normalized spacial score (nSPS) is 23.9. The van der Waals surface area contributed by atoms with Gasteiger partial charge in [-0.15, -0.1) is 0 Å². The second kappa shape index (κ2) is 9.53. The molecule has 0 unspecified atom stereocenters. The molecule has 2 atom stereocenters. The molecule has 8 rings (SSSR count). The van der Waals surface area contributed by atoms with Gasteiger partial charge in [-0.25, -0.2) is 10.3 Å². The SMILES string of the molecule is Cc1ccc(Cl)cc1N1C(=O)[C@@H]2C3c4ccccc4C(/C=N\NC(=O)Cc4ccccc4)(c4ccccc43)[C@@H]2C1=O. The van der Waals surface area contributed by atoms with E-state index in [4.69, 9.17) is 11.6 Å². The van der Waals surface area contributed by atoms with Crippen LogP contribution in [0.2, 0.25) is 5.02 Å². The van der Waals surface area contributed by atoms with E-state index < -0.39 is 17.3 Å². The molecule has 4 aromatic carbocycles. The van der Waals surface area contributed by atoms with Crippen molar-refractivity contribution in [2.24, 2.45) is 16.9 Å². The highest BCUT2D eigenvalue weighted by Crippen LogP contribution is 2.63. The first kappa shape index (κ1) is 25.4. The van der Waals surface area contributed by atoms with Crippen molar-refractivity contribution in [3.8, 4) is 0 Å². The van der Waals surface area contributed by atoms with Crippen molar-refractivity contribution < 1.29 is 14.4 Å². The molecular weight excluding hydrogens is 534 g/mol. The van der Waals surface area contributed by atoms with E-state index in [2.05, 4.69) is 10.5 Å². The van der Waals surface area contributed by atoms with Crippen LogP contribution in [0.25, 0.3) is 0 Å². The lowest BCUT2D eigenvalue weighted by molar-refractivity contribution is -0.123. The Morgan fingerprint density at radius 2 is 1.54 bits per heavy atom. The molecule has 0 spiro atoms. The highest BCUT2D eigenvalue weighted by atomic mass is 35.5. The molecule has 1 N–H and O–H groups in total. The Labute approximate surface area is 242 Å². The number of aryl methyl sites for hydroxylation is 1. The van der Waals surface area contributed by atoms with E-state index in [1.165, 1.54) is 4.90 Å². The van der Waals surface area contributed by atoms with Crippen LogP contribution in [0.5, 0.6) is 0 Å². The predicted molar refractivity (Wildman–Crippen MR) is 158 cm³/mol.